The highest BCUT2D eigenvalue weighted by molar-refractivity contribution is 5.83. The van der Waals surface area contributed by atoms with Gasteiger partial charge >= 0.3 is 5.97 Å². The lowest BCUT2D eigenvalue weighted by Gasteiger charge is -2.49. The first kappa shape index (κ1) is 24.0. The van der Waals surface area contributed by atoms with Crippen LogP contribution in [0.2, 0.25) is 0 Å². The van der Waals surface area contributed by atoms with Crippen LogP contribution in [0.3, 0.4) is 0 Å². The molecule has 5 nitrogen and oxygen atoms in total. The summed E-state index contributed by atoms with van der Waals surface area (Å²) in [5.41, 5.74) is 2.75. The van der Waals surface area contributed by atoms with Gasteiger partial charge in [-0.05, 0) is 70.9 Å². The molecule has 0 bridgehead atoms. The number of hydrogen-bond donors (Lipinski definition) is 0. The van der Waals surface area contributed by atoms with Crippen LogP contribution in [0.25, 0.3) is 0 Å². The normalized spacial score (nSPS) is 36.5. The summed E-state index contributed by atoms with van der Waals surface area (Å²) in [7, 11) is 1.68. The SMILES string of the molecule is CO[C@]1(C)C[C@@H]2OCC3=CC[C@](C)(CCC=C(C)C)[C@@H](/C=C\OC(=O)C=C(C)C)[C@]32O1. The van der Waals surface area contributed by atoms with Crippen LogP contribution in [0.5, 0.6) is 0 Å². The average molecular weight is 431 g/mol. The number of hydrogen-bond acceptors (Lipinski definition) is 5. The minimum Gasteiger partial charge on any atom is -0.432 e. The Labute approximate surface area is 187 Å². The molecule has 0 aromatic carbocycles. The van der Waals surface area contributed by atoms with E-state index >= 15 is 0 Å². The Morgan fingerprint density at radius 1 is 1.23 bits per heavy atom. The Morgan fingerprint density at radius 3 is 2.61 bits per heavy atom. The van der Waals surface area contributed by atoms with Crippen LogP contribution >= 0.6 is 0 Å². The monoisotopic (exact) mass is 430 g/mol. The minimum atomic E-state index is -0.701. The van der Waals surface area contributed by atoms with Gasteiger partial charge in [-0.25, -0.2) is 4.79 Å². The first-order valence-electron chi connectivity index (χ1n) is 11.3. The predicted molar refractivity (Wildman–Crippen MR) is 121 cm³/mol. The summed E-state index contributed by atoms with van der Waals surface area (Å²) in [5, 5.41) is 0. The zero-order valence-corrected chi connectivity index (χ0v) is 20.1. The zero-order valence-electron chi connectivity index (χ0n) is 20.1. The molecule has 1 spiro atoms. The van der Waals surface area contributed by atoms with Crippen molar-refractivity contribution in [1.82, 2.24) is 0 Å². The molecule has 0 unspecified atom stereocenters. The van der Waals surface area contributed by atoms with Crippen LogP contribution in [0.15, 0.2) is 47.3 Å². The largest absolute Gasteiger partial charge is 0.432 e. The molecule has 0 aromatic rings. The third kappa shape index (κ3) is 4.74. The second kappa shape index (κ2) is 9.05. The first-order chi connectivity index (χ1) is 14.5. The van der Waals surface area contributed by atoms with E-state index in [0.29, 0.717) is 13.0 Å². The van der Waals surface area contributed by atoms with Gasteiger partial charge in [-0.1, -0.05) is 30.2 Å². The van der Waals surface area contributed by atoms with Gasteiger partial charge in [0.25, 0.3) is 0 Å². The van der Waals surface area contributed by atoms with E-state index in [0.717, 1.165) is 24.8 Å². The van der Waals surface area contributed by atoms with Gasteiger partial charge in [0.05, 0.1) is 19.0 Å². The van der Waals surface area contributed by atoms with Crippen molar-refractivity contribution in [2.45, 2.75) is 84.7 Å². The van der Waals surface area contributed by atoms with Gasteiger partial charge in [0.2, 0.25) is 0 Å². The van der Waals surface area contributed by atoms with E-state index in [1.807, 2.05) is 26.8 Å². The quantitative estimate of drug-likeness (QED) is 0.227. The molecule has 2 aliphatic heterocycles. The van der Waals surface area contributed by atoms with Crippen molar-refractivity contribution in [1.29, 1.82) is 0 Å². The topological polar surface area (TPSA) is 54.0 Å². The van der Waals surface area contributed by atoms with Crippen molar-refractivity contribution < 1.29 is 23.7 Å². The molecule has 0 saturated carbocycles. The summed E-state index contributed by atoms with van der Waals surface area (Å²) >= 11 is 0. The second-order valence-electron chi connectivity index (χ2n) is 10.1. The molecule has 172 valence electrons. The highest BCUT2D eigenvalue weighted by Crippen LogP contribution is 2.61. The summed E-state index contributed by atoms with van der Waals surface area (Å²) < 4.78 is 24.1. The number of esters is 1. The minimum absolute atomic E-state index is 0.00506. The number of carbonyl (C=O) groups is 1. The average Bonchev–Trinajstić information content (AvgIpc) is 3.14. The van der Waals surface area contributed by atoms with Gasteiger partial charge in [-0.3, -0.25) is 0 Å². The molecule has 3 aliphatic rings. The van der Waals surface area contributed by atoms with Gasteiger partial charge in [-0.2, -0.15) is 0 Å². The molecule has 5 atom stereocenters. The lowest BCUT2D eigenvalue weighted by Crippen LogP contribution is -2.53. The Hall–Kier alpha value is -1.69. The van der Waals surface area contributed by atoms with E-state index in [1.165, 1.54) is 17.2 Å². The third-order valence-corrected chi connectivity index (χ3v) is 6.95. The van der Waals surface area contributed by atoms with Crippen molar-refractivity contribution in [3.63, 3.8) is 0 Å². The standard InChI is InChI=1S/C26H38O5/c1-18(2)9-8-12-24(5)13-10-20-17-30-22-16-25(6,28-7)31-26(20,22)21(24)11-14-29-23(27)15-19(3)4/h9-11,14-15,21-22H,8,12-13,16-17H2,1-7H3/b14-11-/t21-,22+,24+,25+,26-/m1/s1. The summed E-state index contributed by atoms with van der Waals surface area (Å²) in [5.74, 6) is -1.07. The van der Waals surface area contributed by atoms with E-state index in [2.05, 4.69) is 32.9 Å². The number of carbonyl (C=O) groups excluding carboxylic acids is 1. The van der Waals surface area contributed by atoms with Crippen molar-refractivity contribution in [3.8, 4) is 0 Å². The number of rotatable bonds is 7. The summed E-state index contributed by atoms with van der Waals surface area (Å²) in [6.07, 6.45) is 13.2. The van der Waals surface area contributed by atoms with Gasteiger partial charge in [0, 0.05) is 25.5 Å². The van der Waals surface area contributed by atoms with E-state index in [4.69, 9.17) is 18.9 Å². The Kier molecular flexibility index (Phi) is 6.99. The fourth-order valence-electron chi connectivity index (χ4n) is 5.30. The molecule has 0 amide bonds. The van der Waals surface area contributed by atoms with Crippen molar-refractivity contribution >= 4 is 5.97 Å². The molecule has 0 aromatic heterocycles. The van der Waals surface area contributed by atoms with Gasteiger partial charge in [-0.15, -0.1) is 0 Å². The third-order valence-electron chi connectivity index (χ3n) is 6.95. The van der Waals surface area contributed by atoms with Gasteiger partial charge in [0.15, 0.2) is 5.79 Å². The zero-order chi connectivity index (χ0) is 22.9. The van der Waals surface area contributed by atoms with Gasteiger partial charge < -0.3 is 18.9 Å². The van der Waals surface area contributed by atoms with Crippen molar-refractivity contribution in [2.75, 3.05) is 13.7 Å². The second-order valence-corrected chi connectivity index (χ2v) is 10.1. The fourth-order valence-corrected chi connectivity index (χ4v) is 5.30. The highest BCUT2D eigenvalue weighted by Gasteiger charge is 2.67. The Balaban J connectivity index is 1.97. The summed E-state index contributed by atoms with van der Waals surface area (Å²) in [6.45, 7) is 12.9. The molecular formula is C26H38O5. The molecule has 0 radical (unpaired) electrons. The van der Waals surface area contributed by atoms with Crippen LogP contribution in [0.1, 0.15) is 67.2 Å². The smallest absolute Gasteiger partial charge is 0.335 e. The molecule has 31 heavy (non-hydrogen) atoms. The van der Waals surface area contributed by atoms with Crippen LogP contribution < -0.4 is 0 Å². The molecule has 5 heteroatoms. The molecule has 3 rings (SSSR count). The molecule has 2 fully saturated rings. The maximum atomic E-state index is 12.1. The summed E-state index contributed by atoms with van der Waals surface area (Å²) in [4.78, 5) is 12.1. The van der Waals surface area contributed by atoms with Crippen molar-refractivity contribution in [3.05, 3.63) is 47.3 Å². The number of methoxy groups -OCH3 is 1. The highest BCUT2D eigenvalue weighted by atomic mass is 16.7. The lowest BCUT2D eigenvalue weighted by molar-refractivity contribution is -0.236. The predicted octanol–water partition coefficient (Wildman–Crippen LogP) is 5.63. The maximum absolute atomic E-state index is 12.1. The summed E-state index contributed by atoms with van der Waals surface area (Å²) in [6, 6.07) is 0. The van der Waals surface area contributed by atoms with E-state index in [-0.39, 0.29) is 23.4 Å². The fraction of sp³-hybridized carbons (Fsp3) is 0.654. The Bertz CT molecular complexity index is 814. The van der Waals surface area contributed by atoms with Crippen molar-refractivity contribution in [2.24, 2.45) is 11.3 Å². The molecule has 1 aliphatic carbocycles. The molecule has 0 N–H and O–H groups in total. The van der Waals surface area contributed by atoms with E-state index in [1.54, 1.807) is 13.4 Å². The van der Waals surface area contributed by atoms with E-state index < -0.39 is 11.4 Å². The van der Waals surface area contributed by atoms with E-state index in [9.17, 15) is 4.79 Å². The van der Waals surface area contributed by atoms with Crippen LogP contribution in [-0.2, 0) is 23.7 Å². The Morgan fingerprint density at radius 2 is 1.97 bits per heavy atom. The van der Waals surface area contributed by atoms with Crippen LogP contribution in [-0.4, -0.2) is 37.2 Å². The molecule has 2 heterocycles. The molecular weight excluding hydrogens is 392 g/mol. The lowest BCUT2D eigenvalue weighted by atomic mass is 9.58. The van der Waals surface area contributed by atoms with Crippen LogP contribution in [0, 0.1) is 11.3 Å². The maximum Gasteiger partial charge on any atom is 0.335 e. The number of allylic oxidation sites excluding steroid dienone is 4. The van der Waals surface area contributed by atoms with Gasteiger partial charge in [0.1, 0.15) is 5.60 Å². The first-order valence-corrected chi connectivity index (χ1v) is 11.3. The molecule has 2 saturated heterocycles. The number of ether oxygens (including phenoxy) is 4. The van der Waals surface area contributed by atoms with Crippen LogP contribution in [0.4, 0.5) is 0 Å².